The van der Waals surface area contributed by atoms with E-state index < -0.39 is 0 Å². The molecule has 0 unspecified atom stereocenters. The van der Waals surface area contributed by atoms with Gasteiger partial charge in [0.1, 0.15) is 0 Å². The Morgan fingerprint density at radius 2 is 1.00 bits per heavy atom. The molecule has 0 aliphatic carbocycles. The normalized spacial score (nSPS) is 20.1. The first-order valence-corrected chi connectivity index (χ1v) is 5.79. The summed E-state index contributed by atoms with van der Waals surface area (Å²) in [6, 6.07) is 0. The van der Waals surface area contributed by atoms with Crippen molar-refractivity contribution in [3.05, 3.63) is 23.5 Å². The smallest absolute Gasteiger partial charge is 0.0942 e. The molecule has 2 heteroatoms. The molecule has 2 aliphatic rings. The maximum absolute atomic E-state index is 4.55. The van der Waals surface area contributed by atoms with E-state index in [0.29, 0.717) is 0 Å². The molecule has 86 valence electrons. The molecule has 2 rings (SSSR count). The van der Waals surface area contributed by atoms with E-state index in [-0.39, 0.29) is 10.8 Å². The molecule has 0 atom stereocenters. The Labute approximate surface area is 97.9 Å². The Morgan fingerprint density at radius 3 is 1.25 bits per heavy atom. The summed E-state index contributed by atoms with van der Waals surface area (Å²) in [4.78, 5) is 9.10. The second-order valence-electron chi connectivity index (χ2n) is 6.54. The summed E-state index contributed by atoms with van der Waals surface area (Å²) in [6.07, 6.45) is 3.96. The van der Waals surface area contributed by atoms with Gasteiger partial charge >= 0.3 is 0 Å². The molecule has 0 aromatic rings. The Kier molecular flexibility index (Phi) is 2.23. The van der Waals surface area contributed by atoms with Gasteiger partial charge in [-0.3, -0.25) is 9.98 Å². The van der Waals surface area contributed by atoms with Gasteiger partial charge in [-0.25, -0.2) is 0 Å². The SMILES string of the molecule is CC(C)(C)C1=CN=C2C(C(C)(C)C)=CN=C12. The van der Waals surface area contributed by atoms with Crippen molar-refractivity contribution in [3.8, 4) is 0 Å². The molecular weight excluding hydrogens is 196 g/mol. The minimum Gasteiger partial charge on any atom is -0.254 e. The molecule has 0 saturated heterocycles. The van der Waals surface area contributed by atoms with Crippen molar-refractivity contribution < 1.29 is 0 Å². The quantitative estimate of drug-likeness (QED) is 0.589. The van der Waals surface area contributed by atoms with Gasteiger partial charge in [0.05, 0.1) is 11.4 Å². The Morgan fingerprint density at radius 1 is 0.688 bits per heavy atom. The minimum atomic E-state index is 0.116. The predicted octanol–water partition coefficient (Wildman–Crippen LogP) is 3.76. The fraction of sp³-hybridized carbons (Fsp3) is 0.571. The molecule has 2 aliphatic heterocycles. The highest BCUT2D eigenvalue weighted by atomic mass is 14.9. The number of fused-ring (bicyclic) bond motifs is 1. The fourth-order valence-electron chi connectivity index (χ4n) is 1.99. The zero-order valence-electron chi connectivity index (χ0n) is 11.0. The highest BCUT2D eigenvalue weighted by Crippen LogP contribution is 2.38. The standard InChI is InChI=1S/C14H20N2/c1-13(2,3)9-7-15-12-10(14(4,5)6)8-16-11(9)12/h7-8H,1-6H3. The number of allylic oxidation sites excluding steroid dienone is 2. The minimum absolute atomic E-state index is 0.116. The highest BCUT2D eigenvalue weighted by Gasteiger charge is 2.36. The second kappa shape index (κ2) is 3.16. The number of aliphatic imine (C=N–C) groups is 2. The van der Waals surface area contributed by atoms with Gasteiger partial charge in [-0.1, -0.05) is 41.5 Å². The third kappa shape index (κ3) is 1.66. The zero-order valence-corrected chi connectivity index (χ0v) is 11.0. The van der Waals surface area contributed by atoms with Gasteiger partial charge in [0.25, 0.3) is 0 Å². The van der Waals surface area contributed by atoms with Gasteiger partial charge in [0.2, 0.25) is 0 Å². The summed E-state index contributed by atoms with van der Waals surface area (Å²) in [5.74, 6) is 0. The summed E-state index contributed by atoms with van der Waals surface area (Å²) in [5, 5.41) is 0. The largest absolute Gasteiger partial charge is 0.254 e. The van der Waals surface area contributed by atoms with Crippen molar-refractivity contribution in [2.24, 2.45) is 20.8 Å². The number of rotatable bonds is 0. The van der Waals surface area contributed by atoms with E-state index in [4.69, 9.17) is 0 Å². The number of hydrogen-bond donors (Lipinski definition) is 0. The first-order valence-electron chi connectivity index (χ1n) is 5.79. The summed E-state index contributed by atoms with van der Waals surface area (Å²) in [6.45, 7) is 13.2. The van der Waals surface area contributed by atoms with Crippen LogP contribution >= 0.6 is 0 Å². The van der Waals surface area contributed by atoms with Gasteiger partial charge in [0, 0.05) is 23.5 Å². The van der Waals surface area contributed by atoms with E-state index in [1.807, 2.05) is 12.4 Å². The van der Waals surface area contributed by atoms with Crippen LogP contribution in [0, 0.1) is 10.8 Å². The second-order valence-corrected chi connectivity index (χ2v) is 6.54. The molecule has 0 aromatic heterocycles. The maximum Gasteiger partial charge on any atom is 0.0942 e. The summed E-state index contributed by atoms with van der Waals surface area (Å²) >= 11 is 0. The van der Waals surface area contributed by atoms with Gasteiger partial charge in [-0.15, -0.1) is 0 Å². The van der Waals surface area contributed by atoms with Crippen molar-refractivity contribution in [3.63, 3.8) is 0 Å². The lowest BCUT2D eigenvalue weighted by Crippen LogP contribution is -2.24. The molecule has 16 heavy (non-hydrogen) atoms. The van der Waals surface area contributed by atoms with Crippen LogP contribution in [0.2, 0.25) is 0 Å². The molecule has 0 aromatic carbocycles. The van der Waals surface area contributed by atoms with E-state index in [0.717, 1.165) is 11.4 Å². The Balaban J connectivity index is 2.31. The Bertz CT molecular complexity index is 402. The van der Waals surface area contributed by atoms with Crippen molar-refractivity contribution >= 4 is 11.4 Å². The lowest BCUT2D eigenvalue weighted by atomic mass is 9.79. The van der Waals surface area contributed by atoms with Crippen LogP contribution in [-0.4, -0.2) is 11.4 Å². The van der Waals surface area contributed by atoms with E-state index in [1.165, 1.54) is 11.1 Å². The van der Waals surface area contributed by atoms with Gasteiger partial charge in [-0.05, 0) is 10.8 Å². The first-order chi connectivity index (χ1) is 7.21. The van der Waals surface area contributed by atoms with Crippen LogP contribution in [0.25, 0.3) is 0 Å². The molecule has 0 radical (unpaired) electrons. The van der Waals surface area contributed by atoms with Crippen molar-refractivity contribution in [2.75, 3.05) is 0 Å². The first kappa shape index (κ1) is 11.3. The lowest BCUT2D eigenvalue weighted by Gasteiger charge is -2.22. The van der Waals surface area contributed by atoms with Crippen LogP contribution in [0.1, 0.15) is 41.5 Å². The average Bonchev–Trinajstić information content (AvgIpc) is 2.54. The molecule has 0 saturated carbocycles. The van der Waals surface area contributed by atoms with Crippen LogP contribution in [0.4, 0.5) is 0 Å². The number of hydrogen-bond acceptors (Lipinski definition) is 2. The molecule has 0 fully saturated rings. The van der Waals surface area contributed by atoms with E-state index in [2.05, 4.69) is 51.5 Å². The molecule has 0 amide bonds. The highest BCUT2D eigenvalue weighted by molar-refractivity contribution is 6.56. The predicted molar refractivity (Wildman–Crippen MR) is 69.9 cm³/mol. The van der Waals surface area contributed by atoms with Crippen LogP contribution in [0.3, 0.4) is 0 Å². The van der Waals surface area contributed by atoms with Crippen molar-refractivity contribution in [1.29, 1.82) is 0 Å². The third-order valence-electron chi connectivity index (χ3n) is 3.00. The van der Waals surface area contributed by atoms with Gasteiger partial charge in [-0.2, -0.15) is 0 Å². The van der Waals surface area contributed by atoms with E-state index in [1.54, 1.807) is 0 Å². The summed E-state index contributed by atoms with van der Waals surface area (Å²) in [7, 11) is 0. The van der Waals surface area contributed by atoms with Gasteiger partial charge in [0.15, 0.2) is 0 Å². The molecule has 2 heterocycles. The van der Waals surface area contributed by atoms with Crippen molar-refractivity contribution in [2.45, 2.75) is 41.5 Å². The fourth-order valence-corrected chi connectivity index (χ4v) is 1.99. The third-order valence-corrected chi connectivity index (χ3v) is 3.00. The average molecular weight is 216 g/mol. The van der Waals surface area contributed by atoms with Crippen LogP contribution in [0.5, 0.6) is 0 Å². The molecular formula is C14H20N2. The van der Waals surface area contributed by atoms with Crippen LogP contribution < -0.4 is 0 Å². The lowest BCUT2D eigenvalue weighted by molar-refractivity contribution is 0.524. The van der Waals surface area contributed by atoms with Gasteiger partial charge < -0.3 is 0 Å². The number of nitrogens with zero attached hydrogens (tertiary/aromatic N) is 2. The monoisotopic (exact) mass is 216 g/mol. The molecule has 0 spiro atoms. The zero-order chi connectivity index (χ0) is 12.1. The summed E-state index contributed by atoms with van der Waals surface area (Å²) < 4.78 is 0. The van der Waals surface area contributed by atoms with E-state index >= 15 is 0 Å². The van der Waals surface area contributed by atoms with Crippen LogP contribution in [0.15, 0.2) is 33.5 Å². The topological polar surface area (TPSA) is 24.7 Å². The Hall–Kier alpha value is -1.18. The van der Waals surface area contributed by atoms with E-state index in [9.17, 15) is 0 Å². The van der Waals surface area contributed by atoms with Crippen molar-refractivity contribution in [1.82, 2.24) is 0 Å². The maximum atomic E-state index is 4.55. The van der Waals surface area contributed by atoms with Crippen LogP contribution in [-0.2, 0) is 0 Å². The molecule has 0 N–H and O–H groups in total. The molecule has 0 bridgehead atoms. The molecule has 2 nitrogen and oxygen atoms in total. The summed E-state index contributed by atoms with van der Waals surface area (Å²) in [5.41, 5.74) is 4.89.